The first-order chi connectivity index (χ1) is 20.4. The highest BCUT2D eigenvalue weighted by molar-refractivity contribution is 6.00. The molecule has 0 radical (unpaired) electrons. The van der Waals surface area contributed by atoms with Gasteiger partial charge in [-0.3, -0.25) is 9.79 Å². The molecule has 0 saturated heterocycles. The van der Waals surface area contributed by atoms with Crippen LogP contribution < -0.4 is 15.2 Å². The third-order valence-corrected chi connectivity index (χ3v) is 6.87. The Kier molecular flexibility index (Phi) is 6.94. The number of nitrogens with two attached hydrogens (primary N) is 1. The van der Waals surface area contributed by atoms with Gasteiger partial charge in [-0.1, -0.05) is 42.5 Å². The number of aliphatic imine (C=N–C) groups is 1. The van der Waals surface area contributed by atoms with E-state index in [1.807, 2.05) is 79.2 Å². The van der Waals surface area contributed by atoms with Gasteiger partial charge in [0.2, 0.25) is 5.91 Å². The molecule has 42 heavy (non-hydrogen) atoms. The highest BCUT2D eigenvalue weighted by Crippen LogP contribution is 2.32. The number of hydrogen-bond donors (Lipinski definition) is 1. The smallest absolute Gasteiger partial charge is 0.327 e. The second kappa shape index (κ2) is 11.0. The lowest BCUT2D eigenvalue weighted by Gasteiger charge is -2.14. The molecule has 11 heteroatoms. The van der Waals surface area contributed by atoms with Crippen LogP contribution in [-0.4, -0.2) is 56.3 Å². The molecular weight excluding hydrogens is 532 g/mol. The summed E-state index contributed by atoms with van der Waals surface area (Å²) >= 11 is 0. The summed E-state index contributed by atoms with van der Waals surface area (Å²) in [6, 6.07) is 24.0. The van der Waals surface area contributed by atoms with Crippen molar-refractivity contribution in [2.45, 2.75) is 13.5 Å². The molecule has 6 rings (SSSR count). The van der Waals surface area contributed by atoms with Gasteiger partial charge in [0.15, 0.2) is 11.2 Å². The summed E-state index contributed by atoms with van der Waals surface area (Å²) < 4.78 is 14.3. The summed E-state index contributed by atoms with van der Waals surface area (Å²) in [6.45, 7) is 4.00. The number of nitrogens with zero attached hydrogens (tertiary/aromatic N) is 7. The number of fused-ring (bicyclic) bond motifs is 1. The first kappa shape index (κ1) is 26.5. The molecule has 0 bridgehead atoms. The van der Waals surface area contributed by atoms with Gasteiger partial charge < -0.3 is 24.7 Å². The number of amidine groups is 1. The van der Waals surface area contributed by atoms with Gasteiger partial charge in [-0.25, -0.2) is 4.98 Å². The minimum absolute atomic E-state index is 0.0409. The molecule has 11 nitrogen and oxygen atoms in total. The number of carbonyl (C=O) groups excluding carboxylic acids is 1. The molecule has 2 N–H and O–H groups in total. The van der Waals surface area contributed by atoms with Crippen LogP contribution in [0.5, 0.6) is 23.4 Å². The maximum Gasteiger partial charge on any atom is 0.327 e. The Bertz CT molecular complexity index is 1890. The van der Waals surface area contributed by atoms with Crippen LogP contribution in [-0.2, 0) is 6.54 Å². The quantitative estimate of drug-likeness (QED) is 0.294. The number of ether oxygens (including phenoxy) is 2. The zero-order chi connectivity index (χ0) is 29.2. The van der Waals surface area contributed by atoms with Crippen LogP contribution in [0, 0.1) is 18.3 Å². The van der Waals surface area contributed by atoms with E-state index in [1.165, 1.54) is 12.1 Å². The molecule has 0 saturated carbocycles. The molecule has 0 fully saturated rings. The van der Waals surface area contributed by atoms with Crippen molar-refractivity contribution in [1.82, 2.24) is 24.4 Å². The fourth-order valence-corrected chi connectivity index (χ4v) is 4.79. The molecule has 1 aliphatic heterocycles. The van der Waals surface area contributed by atoms with Crippen LogP contribution in [0.15, 0.2) is 77.8 Å². The summed E-state index contributed by atoms with van der Waals surface area (Å²) in [5, 5.41) is 9.37. The average molecular weight is 559 g/mol. The zero-order valence-corrected chi connectivity index (χ0v) is 23.0. The molecule has 208 valence electrons. The summed E-state index contributed by atoms with van der Waals surface area (Å²) in [6.07, 6.45) is 0. The lowest BCUT2D eigenvalue weighted by molar-refractivity contribution is 0.0999. The summed E-state index contributed by atoms with van der Waals surface area (Å²) in [7, 11) is 2.00. The predicted octanol–water partition coefficient (Wildman–Crippen LogP) is 4.43. The van der Waals surface area contributed by atoms with Gasteiger partial charge in [-0.15, -0.1) is 0 Å². The minimum atomic E-state index is -0.741. The van der Waals surface area contributed by atoms with Crippen LogP contribution in [0.1, 0.15) is 32.9 Å². The van der Waals surface area contributed by atoms with E-state index < -0.39 is 5.91 Å². The Morgan fingerprint density at radius 1 is 1.00 bits per heavy atom. The Morgan fingerprint density at radius 3 is 2.55 bits per heavy atom. The number of likely N-dealkylation sites (N-methyl/N-ethyl adjacent to an activating group) is 1. The monoisotopic (exact) mass is 558 g/mol. The van der Waals surface area contributed by atoms with Gasteiger partial charge in [0.1, 0.15) is 23.2 Å². The first-order valence-corrected chi connectivity index (χ1v) is 13.2. The molecular formula is C31H26N8O3. The highest BCUT2D eigenvalue weighted by atomic mass is 16.5. The SMILES string of the molecule is Cc1nc2c(Oc3ccc(C#N)c(C(N)=O)c3)nc(Oc3cccc(C4=NCCN4C)c3)nc2n1Cc1ccccc1. The molecule has 1 amide bonds. The van der Waals surface area contributed by atoms with E-state index in [9.17, 15) is 10.1 Å². The third kappa shape index (κ3) is 5.21. The van der Waals surface area contributed by atoms with Crippen LogP contribution in [0.3, 0.4) is 0 Å². The van der Waals surface area contributed by atoms with E-state index in [2.05, 4.69) is 14.9 Å². The molecule has 1 aliphatic rings. The van der Waals surface area contributed by atoms with Crippen molar-refractivity contribution >= 4 is 22.9 Å². The molecule has 0 spiro atoms. The minimum Gasteiger partial charge on any atom is -0.437 e. The number of amides is 1. The second-order valence-corrected chi connectivity index (χ2v) is 9.76. The van der Waals surface area contributed by atoms with Crippen LogP contribution >= 0.6 is 0 Å². The van der Waals surface area contributed by atoms with Gasteiger partial charge in [-0.2, -0.15) is 15.2 Å². The van der Waals surface area contributed by atoms with Crippen molar-refractivity contribution in [3.8, 4) is 29.5 Å². The number of hydrogen-bond acceptors (Lipinski definition) is 9. The van der Waals surface area contributed by atoms with Crippen molar-refractivity contribution in [2.24, 2.45) is 10.7 Å². The third-order valence-electron chi connectivity index (χ3n) is 6.87. The average Bonchev–Trinajstić information content (AvgIpc) is 3.56. The van der Waals surface area contributed by atoms with Crippen molar-refractivity contribution in [3.63, 3.8) is 0 Å². The van der Waals surface area contributed by atoms with Gasteiger partial charge in [0.25, 0.3) is 5.88 Å². The van der Waals surface area contributed by atoms with Gasteiger partial charge in [0, 0.05) is 19.2 Å². The van der Waals surface area contributed by atoms with Crippen molar-refractivity contribution in [2.75, 3.05) is 20.1 Å². The van der Waals surface area contributed by atoms with E-state index in [-0.39, 0.29) is 28.8 Å². The maximum atomic E-state index is 12.0. The number of primary amides is 1. The molecule has 0 unspecified atom stereocenters. The first-order valence-electron chi connectivity index (χ1n) is 13.2. The number of aryl methyl sites for hydroxylation is 1. The molecule has 5 aromatic rings. The molecule has 3 aromatic carbocycles. The van der Waals surface area contributed by atoms with E-state index in [0.717, 1.165) is 30.1 Å². The fourth-order valence-electron chi connectivity index (χ4n) is 4.79. The summed E-state index contributed by atoms with van der Waals surface area (Å²) in [5.74, 6) is 1.76. The zero-order valence-electron chi connectivity index (χ0n) is 23.0. The van der Waals surface area contributed by atoms with Crippen molar-refractivity contribution < 1.29 is 14.3 Å². The number of benzene rings is 3. The molecule has 3 heterocycles. The fraction of sp³-hybridized carbons (Fsp3) is 0.161. The number of carbonyl (C=O) groups is 1. The highest BCUT2D eigenvalue weighted by Gasteiger charge is 2.21. The van der Waals surface area contributed by atoms with Crippen LogP contribution in [0.4, 0.5) is 0 Å². The topological polar surface area (TPSA) is 145 Å². The molecule has 0 aliphatic carbocycles. The number of nitriles is 1. The van der Waals surface area contributed by atoms with E-state index in [4.69, 9.17) is 25.2 Å². The lowest BCUT2D eigenvalue weighted by Crippen LogP contribution is -2.23. The van der Waals surface area contributed by atoms with Gasteiger partial charge in [-0.05, 0) is 42.8 Å². The summed E-state index contributed by atoms with van der Waals surface area (Å²) in [5.41, 5.74) is 8.60. The number of rotatable bonds is 8. The largest absolute Gasteiger partial charge is 0.437 e. The Morgan fingerprint density at radius 2 is 1.81 bits per heavy atom. The van der Waals surface area contributed by atoms with Gasteiger partial charge in [0.05, 0.1) is 30.3 Å². The Labute approximate surface area is 241 Å². The number of aromatic nitrogens is 4. The van der Waals surface area contributed by atoms with Gasteiger partial charge >= 0.3 is 6.01 Å². The normalized spacial score (nSPS) is 12.7. The number of imidazole rings is 1. The molecule has 0 atom stereocenters. The standard InChI is InChI=1S/C31H26N8O3/c1-19-35-26-29(39(19)18-20-7-4-3-5-8-20)36-31(42-23-10-6-9-21(15-23)28-34-13-14-38(28)2)37-30(26)41-24-12-11-22(17-32)25(16-24)27(33)40/h3-12,15-16H,13-14,18H2,1-2H3,(H2,33,40). The maximum absolute atomic E-state index is 12.0. The van der Waals surface area contributed by atoms with Crippen LogP contribution in [0.25, 0.3) is 11.2 Å². The predicted molar refractivity (Wildman–Crippen MR) is 156 cm³/mol. The van der Waals surface area contributed by atoms with Crippen molar-refractivity contribution in [3.05, 3.63) is 101 Å². The summed E-state index contributed by atoms with van der Waals surface area (Å²) in [4.78, 5) is 32.7. The Balaban J connectivity index is 1.43. The van der Waals surface area contributed by atoms with E-state index in [1.54, 1.807) is 6.07 Å². The Hall–Kier alpha value is -5.76. The molecule has 2 aromatic heterocycles. The van der Waals surface area contributed by atoms with Crippen LogP contribution in [0.2, 0.25) is 0 Å². The van der Waals surface area contributed by atoms with Crippen molar-refractivity contribution in [1.29, 1.82) is 5.26 Å². The lowest BCUT2D eigenvalue weighted by atomic mass is 10.1. The second-order valence-electron chi connectivity index (χ2n) is 9.76. The van der Waals surface area contributed by atoms with E-state index >= 15 is 0 Å². The van der Waals surface area contributed by atoms with E-state index in [0.29, 0.717) is 29.3 Å².